The Balaban J connectivity index is 2.32. The molecular weight excluding hydrogens is 284 g/mol. The summed E-state index contributed by atoms with van der Waals surface area (Å²) in [4.78, 5) is 1.29. The second-order valence-corrected chi connectivity index (χ2v) is 5.41. The standard InChI is InChI=1S/C12H13BrN2S/c1-15-12(11-6-9(13)7-16-11)8-2-4-10(14)5-3-8/h2-7,12,15H,14H2,1H3. The summed E-state index contributed by atoms with van der Waals surface area (Å²) in [5.41, 5.74) is 7.71. The molecule has 1 aromatic heterocycles. The summed E-state index contributed by atoms with van der Waals surface area (Å²) in [5.74, 6) is 0. The van der Waals surface area contributed by atoms with E-state index in [-0.39, 0.29) is 6.04 Å². The largest absolute Gasteiger partial charge is 0.399 e. The number of halogens is 1. The lowest BCUT2D eigenvalue weighted by Crippen LogP contribution is -2.16. The van der Waals surface area contributed by atoms with E-state index in [2.05, 4.69) is 44.8 Å². The van der Waals surface area contributed by atoms with E-state index in [9.17, 15) is 0 Å². The zero-order chi connectivity index (χ0) is 11.5. The highest BCUT2D eigenvalue weighted by Crippen LogP contribution is 2.30. The molecule has 84 valence electrons. The Labute approximate surface area is 108 Å². The molecular formula is C12H13BrN2S. The summed E-state index contributed by atoms with van der Waals surface area (Å²) < 4.78 is 1.13. The molecule has 1 aromatic carbocycles. The fourth-order valence-electron chi connectivity index (χ4n) is 1.64. The molecule has 1 unspecified atom stereocenters. The van der Waals surface area contributed by atoms with Crippen molar-refractivity contribution in [3.8, 4) is 0 Å². The number of hydrogen-bond acceptors (Lipinski definition) is 3. The van der Waals surface area contributed by atoms with Crippen molar-refractivity contribution in [1.82, 2.24) is 5.32 Å². The number of benzene rings is 1. The molecule has 2 rings (SSSR count). The number of nitrogens with two attached hydrogens (primary N) is 1. The maximum atomic E-state index is 5.69. The van der Waals surface area contributed by atoms with Gasteiger partial charge in [0.2, 0.25) is 0 Å². The first-order chi connectivity index (χ1) is 7.70. The number of nitrogen functional groups attached to an aromatic ring is 1. The molecule has 0 radical (unpaired) electrons. The average molecular weight is 297 g/mol. The Kier molecular flexibility index (Phi) is 3.63. The van der Waals surface area contributed by atoms with Gasteiger partial charge in [-0.15, -0.1) is 11.3 Å². The van der Waals surface area contributed by atoms with Crippen molar-refractivity contribution >= 4 is 33.0 Å². The van der Waals surface area contributed by atoms with Crippen LogP contribution in [0.4, 0.5) is 5.69 Å². The third-order valence-corrected chi connectivity index (χ3v) is 4.19. The van der Waals surface area contributed by atoms with Crippen molar-refractivity contribution < 1.29 is 0 Å². The smallest absolute Gasteiger partial charge is 0.0669 e. The highest BCUT2D eigenvalue weighted by atomic mass is 79.9. The molecule has 0 aliphatic rings. The first-order valence-corrected chi connectivity index (χ1v) is 6.64. The highest BCUT2D eigenvalue weighted by molar-refractivity contribution is 9.10. The van der Waals surface area contributed by atoms with E-state index in [0.717, 1.165) is 10.2 Å². The number of thiophene rings is 1. The van der Waals surface area contributed by atoms with Crippen LogP contribution in [0.2, 0.25) is 0 Å². The predicted molar refractivity (Wildman–Crippen MR) is 73.8 cm³/mol. The molecule has 0 aliphatic heterocycles. The Morgan fingerprint density at radius 2 is 2.00 bits per heavy atom. The molecule has 2 aromatic rings. The number of rotatable bonds is 3. The van der Waals surface area contributed by atoms with Gasteiger partial charge in [-0.1, -0.05) is 12.1 Å². The van der Waals surface area contributed by atoms with Crippen molar-refractivity contribution in [2.45, 2.75) is 6.04 Å². The average Bonchev–Trinajstić information content (AvgIpc) is 2.69. The Morgan fingerprint density at radius 1 is 1.31 bits per heavy atom. The molecule has 0 aliphatic carbocycles. The topological polar surface area (TPSA) is 38.0 Å². The summed E-state index contributed by atoms with van der Waals surface area (Å²) in [6.07, 6.45) is 0. The lowest BCUT2D eigenvalue weighted by Gasteiger charge is -2.15. The maximum absolute atomic E-state index is 5.69. The lowest BCUT2D eigenvalue weighted by molar-refractivity contribution is 0.704. The minimum absolute atomic E-state index is 0.233. The van der Waals surface area contributed by atoms with Gasteiger partial charge in [0, 0.05) is 20.4 Å². The molecule has 0 fully saturated rings. The van der Waals surface area contributed by atoms with Gasteiger partial charge in [-0.25, -0.2) is 0 Å². The van der Waals surface area contributed by atoms with Gasteiger partial charge in [-0.05, 0) is 46.7 Å². The number of nitrogens with one attached hydrogen (secondary N) is 1. The highest BCUT2D eigenvalue weighted by Gasteiger charge is 2.13. The van der Waals surface area contributed by atoms with Crippen molar-refractivity contribution in [1.29, 1.82) is 0 Å². The van der Waals surface area contributed by atoms with Crippen molar-refractivity contribution in [3.63, 3.8) is 0 Å². The molecule has 4 heteroatoms. The predicted octanol–water partition coefficient (Wildman–Crippen LogP) is 3.40. The molecule has 0 spiro atoms. The molecule has 0 saturated heterocycles. The third kappa shape index (κ3) is 2.45. The van der Waals surface area contributed by atoms with Crippen LogP contribution in [0, 0.1) is 0 Å². The second kappa shape index (κ2) is 4.99. The minimum Gasteiger partial charge on any atom is -0.399 e. The van der Waals surface area contributed by atoms with Crippen LogP contribution in [0.1, 0.15) is 16.5 Å². The zero-order valence-corrected chi connectivity index (χ0v) is 11.3. The maximum Gasteiger partial charge on any atom is 0.0669 e. The van der Waals surface area contributed by atoms with Crippen LogP contribution in [0.5, 0.6) is 0 Å². The van der Waals surface area contributed by atoms with Gasteiger partial charge in [0.1, 0.15) is 0 Å². The van der Waals surface area contributed by atoms with Crippen LogP contribution in [-0.4, -0.2) is 7.05 Å². The Morgan fingerprint density at radius 3 is 2.50 bits per heavy atom. The van der Waals surface area contributed by atoms with Gasteiger partial charge in [0.15, 0.2) is 0 Å². The van der Waals surface area contributed by atoms with Crippen LogP contribution >= 0.6 is 27.3 Å². The van der Waals surface area contributed by atoms with E-state index in [0.29, 0.717) is 0 Å². The summed E-state index contributed by atoms with van der Waals surface area (Å²) in [5, 5.41) is 5.41. The zero-order valence-electron chi connectivity index (χ0n) is 8.91. The molecule has 1 atom stereocenters. The fraction of sp³-hybridized carbons (Fsp3) is 0.167. The fourth-order valence-corrected chi connectivity index (χ4v) is 3.22. The van der Waals surface area contributed by atoms with E-state index in [4.69, 9.17) is 5.73 Å². The molecule has 0 amide bonds. The quantitative estimate of drug-likeness (QED) is 0.852. The van der Waals surface area contributed by atoms with Gasteiger partial charge >= 0.3 is 0 Å². The number of hydrogen-bond donors (Lipinski definition) is 2. The van der Waals surface area contributed by atoms with Crippen LogP contribution in [0.25, 0.3) is 0 Å². The summed E-state index contributed by atoms with van der Waals surface area (Å²) >= 11 is 5.22. The molecule has 0 bridgehead atoms. The monoisotopic (exact) mass is 296 g/mol. The van der Waals surface area contributed by atoms with Gasteiger partial charge in [-0.2, -0.15) is 0 Å². The number of anilines is 1. The lowest BCUT2D eigenvalue weighted by atomic mass is 10.1. The summed E-state index contributed by atoms with van der Waals surface area (Å²) in [7, 11) is 1.97. The van der Waals surface area contributed by atoms with E-state index in [1.165, 1.54) is 10.4 Å². The summed E-state index contributed by atoms with van der Waals surface area (Å²) in [6, 6.07) is 10.4. The first kappa shape index (κ1) is 11.6. The van der Waals surface area contributed by atoms with Crippen LogP contribution < -0.4 is 11.1 Å². The molecule has 2 nitrogen and oxygen atoms in total. The van der Waals surface area contributed by atoms with Crippen LogP contribution in [0.3, 0.4) is 0 Å². The molecule has 1 heterocycles. The Bertz CT molecular complexity index is 464. The van der Waals surface area contributed by atoms with Crippen molar-refractivity contribution in [3.05, 3.63) is 50.6 Å². The van der Waals surface area contributed by atoms with Gasteiger partial charge < -0.3 is 11.1 Å². The van der Waals surface area contributed by atoms with E-state index in [1.807, 2.05) is 19.2 Å². The van der Waals surface area contributed by atoms with E-state index in [1.54, 1.807) is 11.3 Å². The van der Waals surface area contributed by atoms with Gasteiger partial charge in [0.25, 0.3) is 0 Å². The van der Waals surface area contributed by atoms with Crippen LogP contribution in [-0.2, 0) is 0 Å². The van der Waals surface area contributed by atoms with Gasteiger partial charge in [0.05, 0.1) is 6.04 Å². The van der Waals surface area contributed by atoms with Crippen molar-refractivity contribution in [2.24, 2.45) is 0 Å². The van der Waals surface area contributed by atoms with E-state index < -0.39 is 0 Å². The second-order valence-electron chi connectivity index (χ2n) is 3.56. The van der Waals surface area contributed by atoms with Crippen molar-refractivity contribution in [2.75, 3.05) is 12.8 Å². The van der Waals surface area contributed by atoms with E-state index >= 15 is 0 Å². The Hall–Kier alpha value is -0.840. The van der Waals surface area contributed by atoms with Crippen LogP contribution in [0.15, 0.2) is 40.2 Å². The third-order valence-electron chi connectivity index (χ3n) is 2.43. The SMILES string of the molecule is CNC(c1ccc(N)cc1)c1cc(Br)cs1. The molecule has 0 saturated carbocycles. The molecule has 3 N–H and O–H groups in total. The normalized spacial score (nSPS) is 12.6. The minimum atomic E-state index is 0.233. The summed E-state index contributed by atoms with van der Waals surface area (Å²) in [6.45, 7) is 0. The first-order valence-electron chi connectivity index (χ1n) is 4.97. The molecule has 16 heavy (non-hydrogen) atoms. The van der Waals surface area contributed by atoms with Gasteiger partial charge in [-0.3, -0.25) is 0 Å².